The molecule has 0 radical (unpaired) electrons. The third-order valence-electron chi connectivity index (χ3n) is 5.92. The predicted octanol–water partition coefficient (Wildman–Crippen LogP) is 8.37. The van der Waals surface area contributed by atoms with E-state index in [9.17, 15) is 9.59 Å². The number of unbranched alkanes of at least 4 members (excludes halogenated alkanes) is 16. The molecule has 0 saturated carbocycles. The third-order valence-corrected chi connectivity index (χ3v) is 5.92. The lowest BCUT2D eigenvalue weighted by Gasteiger charge is -2.06. The van der Waals surface area contributed by atoms with Crippen LogP contribution in [0.1, 0.15) is 133 Å². The second-order valence-electron chi connectivity index (χ2n) is 8.84. The van der Waals surface area contributed by atoms with Crippen LogP contribution in [0.3, 0.4) is 0 Å². The minimum Gasteiger partial charge on any atom is -0.478 e. The van der Waals surface area contributed by atoms with Gasteiger partial charge in [-0.25, -0.2) is 4.79 Å². The van der Waals surface area contributed by atoms with E-state index in [2.05, 4.69) is 12.2 Å². The van der Waals surface area contributed by atoms with Gasteiger partial charge in [-0.15, -0.1) is 0 Å². The van der Waals surface area contributed by atoms with Gasteiger partial charge in [0.25, 0.3) is 0 Å². The van der Waals surface area contributed by atoms with Crippen molar-refractivity contribution in [2.24, 2.45) is 0 Å². The van der Waals surface area contributed by atoms with Crippen molar-refractivity contribution < 1.29 is 14.7 Å². The number of hydrogen-bond acceptors (Lipinski definition) is 2. The van der Waals surface area contributed by atoms with Gasteiger partial charge in [-0.3, -0.25) is 4.79 Å². The van der Waals surface area contributed by atoms with Crippen molar-refractivity contribution in [3.8, 4) is 0 Å². The average Bonchev–Trinajstić information content (AvgIpc) is 2.76. The maximum Gasteiger partial charge on any atom is 0.335 e. The first kappa shape index (κ1) is 27.2. The molecule has 0 unspecified atom stereocenters. The zero-order chi connectivity index (χ0) is 22.6. The van der Waals surface area contributed by atoms with Gasteiger partial charge in [-0.05, 0) is 30.7 Å². The molecular formula is C27H45NO3. The Bertz CT molecular complexity index is 583. The summed E-state index contributed by atoms with van der Waals surface area (Å²) in [5.41, 5.74) is 0.883. The lowest BCUT2D eigenvalue weighted by molar-refractivity contribution is -0.116. The van der Waals surface area contributed by atoms with Crippen molar-refractivity contribution in [3.05, 3.63) is 29.8 Å². The monoisotopic (exact) mass is 431 g/mol. The number of aromatic carboxylic acids is 1. The molecule has 176 valence electrons. The number of carbonyl (C=O) groups excluding carboxylic acids is 1. The van der Waals surface area contributed by atoms with Crippen LogP contribution in [-0.4, -0.2) is 17.0 Å². The summed E-state index contributed by atoms with van der Waals surface area (Å²) in [6, 6.07) is 6.28. The Morgan fingerprint density at radius 3 is 1.42 bits per heavy atom. The number of amides is 1. The molecule has 0 spiro atoms. The number of hydrogen-bond donors (Lipinski definition) is 2. The van der Waals surface area contributed by atoms with Crippen LogP contribution in [0.25, 0.3) is 0 Å². The molecule has 0 atom stereocenters. The molecule has 0 aliphatic heterocycles. The Morgan fingerprint density at radius 2 is 1.03 bits per heavy atom. The van der Waals surface area contributed by atoms with Crippen LogP contribution in [0.5, 0.6) is 0 Å². The molecule has 1 aromatic carbocycles. The molecular weight excluding hydrogens is 386 g/mol. The van der Waals surface area contributed by atoms with E-state index >= 15 is 0 Å². The van der Waals surface area contributed by atoms with Gasteiger partial charge >= 0.3 is 5.97 Å². The van der Waals surface area contributed by atoms with Crippen LogP contribution in [0.2, 0.25) is 0 Å². The first-order valence-corrected chi connectivity index (χ1v) is 12.8. The molecule has 31 heavy (non-hydrogen) atoms. The van der Waals surface area contributed by atoms with E-state index in [-0.39, 0.29) is 11.5 Å². The molecule has 2 N–H and O–H groups in total. The fraction of sp³-hybridized carbons (Fsp3) is 0.704. The highest BCUT2D eigenvalue weighted by molar-refractivity contribution is 5.92. The molecule has 0 heterocycles. The number of rotatable bonds is 20. The van der Waals surface area contributed by atoms with Crippen LogP contribution >= 0.6 is 0 Å². The van der Waals surface area contributed by atoms with Crippen LogP contribution in [0.4, 0.5) is 5.69 Å². The smallest absolute Gasteiger partial charge is 0.335 e. The molecule has 4 heteroatoms. The van der Waals surface area contributed by atoms with Crippen molar-refractivity contribution in [1.82, 2.24) is 0 Å². The fourth-order valence-corrected chi connectivity index (χ4v) is 3.93. The van der Waals surface area contributed by atoms with Gasteiger partial charge in [0.15, 0.2) is 0 Å². The second-order valence-corrected chi connectivity index (χ2v) is 8.84. The van der Waals surface area contributed by atoms with E-state index in [0.717, 1.165) is 12.8 Å². The highest BCUT2D eigenvalue weighted by Gasteiger charge is 2.05. The number of benzene rings is 1. The van der Waals surface area contributed by atoms with Gasteiger partial charge in [-0.2, -0.15) is 0 Å². The van der Waals surface area contributed by atoms with E-state index in [1.807, 2.05) is 0 Å². The van der Waals surface area contributed by atoms with Gasteiger partial charge in [0.05, 0.1) is 5.56 Å². The minimum atomic E-state index is -0.957. The molecule has 0 fully saturated rings. The Labute approximate surface area is 190 Å². The molecule has 0 aliphatic rings. The van der Waals surface area contributed by atoms with Crippen LogP contribution < -0.4 is 5.32 Å². The lowest BCUT2D eigenvalue weighted by atomic mass is 10.0. The molecule has 1 aromatic rings. The normalized spacial score (nSPS) is 10.9. The Kier molecular flexibility index (Phi) is 16.6. The largest absolute Gasteiger partial charge is 0.478 e. The second kappa shape index (κ2) is 18.9. The third kappa shape index (κ3) is 15.6. The highest BCUT2D eigenvalue weighted by Crippen LogP contribution is 2.15. The highest BCUT2D eigenvalue weighted by atomic mass is 16.4. The van der Waals surface area contributed by atoms with Crippen molar-refractivity contribution in [3.63, 3.8) is 0 Å². The maximum absolute atomic E-state index is 12.0. The molecule has 4 nitrogen and oxygen atoms in total. The topological polar surface area (TPSA) is 66.4 Å². The number of carboxylic acids is 1. The van der Waals surface area contributed by atoms with E-state index in [4.69, 9.17) is 5.11 Å². The zero-order valence-electron chi connectivity index (χ0n) is 19.8. The van der Waals surface area contributed by atoms with E-state index in [1.54, 1.807) is 12.1 Å². The van der Waals surface area contributed by atoms with Crippen LogP contribution in [0, 0.1) is 0 Å². The molecule has 0 aromatic heterocycles. The summed E-state index contributed by atoms with van der Waals surface area (Å²) < 4.78 is 0. The standard InChI is InChI=1S/C27H45NO3/c1-2-3-4-5-6-7-8-9-10-11-12-13-14-15-16-17-18-19-26(29)28-25-22-20-24(21-23-25)27(30)31/h20-23H,2-19H2,1H3,(H,28,29)(H,30,31). The number of nitrogens with one attached hydrogen (secondary N) is 1. The summed E-state index contributed by atoms with van der Waals surface area (Å²) in [5.74, 6) is -0.953. The molecule has 0 bridgehead atoms. The predicted molar refractivity (Wildman–Crippen MR) is 131 cm³/mol. The molecule has 1 rings (SSSR count). The minimum absolute atomic E-state index is 0.00374. The Morgan fingerprint density at radius 1 is 0.645 bits per heavy atom. The average molecular weight is 432 g/mol. The summed E-state index contributed by atoms with van der Waals surface area (Å²) in [6.07, 6.45) is 23.2. The lowest BCUT2D eigenvalue weighted by Crippen LogP contribution is -2.11. The SMILES string of the molecule is CCCCCCCCCCCCCCCCCCCC(=O)Nc1ccc(C(=O)O)cc1. The Hall–Kier alpha value is -1.84. The van der Waals surface area contributed by atoms with Crippen molar-refractivity contribution in [1.29, 1.82) is 0 Å². The van der Waals surface area contributed by atoms with Gasteiger partial charge < -0.3 is 10.4 Å². The molecule has 0 saturated heterocycles. The summed E-state index contributed by atoms with van der Waals surface area (Å²) in [6.45, 7) is 2.27. The van der Waals surface area contributed by atoms with Crippen molar-refractivity contribution >= 4 is 17.6 Å². The Balaban J connectivity index is 1.84. The summed E-state index contributed by atoms with van der Waals surface area (Å²) in [4.78, 5) is 22.8. The first-order chi connectivity index (χ1) is 15.1. The maximum atomic E-state index is 12.0. The number of carboxylic acid groups (broad SMARTS) is 1. The molecule has 1 amide bonds. The van der Waals surface area contributed by atoms with Gasteiger partial charge in [0.2, 0.25) is 5.91 Å². The summed E-state index contributed by atoms with van der Waals surface area (Å²) in [5, 5.41) is 11.7. The van der Waals surface area contributed by atoms with E-state index in [0.29, 0.717) is 12.1 Å². The van der Waals surface area contributed by atoms with E-state index in [1.165, 1.54) is 108 Å². The van der Waals surface area contributed by atoms with Crippen molar-refractivity contribution in [2.75, 3.05) is 5.32 Å². The zero-order valence-corrected chi connectivity index (χ0v) is 19.8. The van der Waals surface area contributed by atoms with Crippen molar-refractivity contribution in [2.45, 2.75) is 122 Å². The van der Waals surface area contributed by atoms with Gasteiger partial charge in [0.1, 0.15) is 0 Å². The fourth-order valence-electron chi connectivity index (χ4n) is 3.93. The van der Waals surface area contributed by atoms with Crippen LogP contribution in [0.15, 0.2) is 24.3 Å². The van der Waals surface area contributed by atoms with Crippen LogP contribution in [-0.2, 0) is 4.79 Å². The summed E-state index contributed by atoms with van der Waals surface area (Å²) in [7, 11) is 0. The van der Waals surface area contributed by atoms with E-state index < -0.39 is 5.97 Å². The summed E-state index contributed by atoms with van der Waals surface area (Å²) >= 11 is 0. The first-order valence-electron chi connectivity index (χ1n) is 12.8. The number of carbonyl (C=O) groups is 2. The quantitative estimate of drug-likeness (QED) is 0.204. The molecule has 0 aliphatic carbocycles. The van der Waals surface area contributed by atoms with Gasteiger partial charge in [0, 0.05) is 12.1 Å². The van der Waals surface area contributed by atoms with Gasteiger partial charge in [-0.1, -0.05) is 110 Å². The number of anilines is 1.